The highest BCUT2D eigenvalue weighted by molar-refractivity contribution is 4.86. The van der Waals surface area contributed by atoms with Gasteiger partial charge in [0, 0.05) is 18.6 Å². The Kier molecular flexibility index (Phi) is 7.25. The molecule has 2 nitrogen and oxygen atoms in total. The monoisotopic (exact) mass is 254 g/mol. The average Bonchev–Trinajstić information content (AvgIpc) is 2.33. The predicted molar refractivity (Wildman–Crippen MR) is 81.0 cm³/mol. The van der Waals surface area contributed by atoms with Crippen molar-refractivity contribution in [2.45, 2.75) is 71.9 Å². The van der Waals surface area contributed by atoms with Gasteiger partial charge < -0.3 is 10.2 Å². The van der Waals surface area contributed by atoms with Crippen molar-refractivity contribution in [1.82, 2.24) is 10.2 Å². The smallest absolute Gasteiger partial charge is 0.0108 e. The van der Waals surface area contributed by atoms with E-state index in [0.717, 1.165) is 24.4 Å². The lowest BCUT2D eigenvalue weighted by molar-refractivity contribution is 0.135. The van der Waals surface area contributed by atoms with E-state index in [2.05, 4.69) is 45.0 Å². The zero-order valence-electron chi connectivity index (χ0n) is 13.2. The van der Waals surface area contributed by atoms with Crippen molar-refractivity contribution < 1.29 is 0 Å². The predicted octanol–water partition coefficient (Wildman–Crippen LogP) is 3.52. The molecule has 1 N–H and O–H groups in total. The van der Waals surface area contributed by atoms with Gasteiger partial charge in [-0.15, -0.1) is 0 Å². The summed E-state index contributed by atoms with van der Waals surface area (Å²) in [7, 11) is 2.27. The van der Waals surface area contributed by atoms with E-state index < -0.39 is 0 Å². The van der Waals surface area contributed by atoms with E-state index in [1.165, 1.54) is 38.6 Å². The number of nitrogens with zero attached hydrogens (tertiary/aromatic N) is 1. The van der Waals surface area contributed by atoms with Gasteiger partial charge in [-0.05, 0) is 58.5 Å². The van der Waals surface area contributed by atoms with E-state index in [0.29, 0.717) is 6.04 Å². The van der Waals surface area contributed by atoms with Gasteiger partial charge in [-0.25, -0.2) is 0 Å². The van der Waals surface area contributed by atoms with Crippen LogP contribution in [0.2, 0.25) is 0 Å². The molecule has 0 heterocycles. The highest BCUT2D eigenvalue weighted by Gasteiger charge is 2.30. The summed E-state index contributed by atoms with van der Waals surface area (Å²) in [6.07, 6.45) is 7.04. The summed E-state index contributed by atoms with van der Waals surface area (Å²) < 4.78 is 0. The first kappa shape index (κ1) is 16.0. The van der Waals surface area contributed by atoms with Crippen LogP contribution in [0, 0.1) is 11.8 Å². The van der Waals surface area contributed by atoms with Crippen LogP contribution in [0.25, 0.3) is 0 Å². The summed E-state index contributed by atoms with van der Waals surface area (Å²) in [5, 5.41) is 3.71. The van der Waals surface area contributed by atoms with E-state index in [1.54, 1.807) is 0 Å². The molecule has 0 aromatic heterocycles. The van der Waals surface area contributed by atoms with E-state index in [4.69, 9.17) is 0 Å². The second-order valence-electron chi connectivity index (χ2n) is 6.43. The van der Waals surface area contributed by atoms with Gasteiger partial charge in [0.15, 0.2) is 0 Å². The second kappa shape index (κ2) is 8.16. The van der Waals surface area contributed by atoms with Crippen LogP contribution in [0.3, 0.4) is 0 Å². The molecule has 0 aromatic rings. The molecule has 1 fully saturated rings. The molecule has 1 aliphatic rings. The van der Waals surface area contributed by atoms with E-state index >= 15 is 0 Å². The largest absolute Gasteiger partial charge is 0.314 e. The van der Waals surface area contributed by atoms with Crippen molar-refractivity contribution in [3.05, 3.63) is 0 Å². The maximum Gasteiger partial charge on any atom is 0.0108 e. The fraction of sp³-hybridized carbons (Fsp3) is 1.00. The third-order valence-electron chi connectivity index (χ3n) is 4.66. The van der Waals surface area contributed by atoms with Crippen LogP contribution in [0.5, 0.6) is 0 Å². The lowest BCUT2D eigenvalue weighted by atomic mass is 9.76. The molecule has 0 aliphatic heterocycles. The quantitative estimate of drug-likeness (QED) is 0.748. The molecule has 3 unspecified atom stereocenters. The molecular weight excluding hydrogens is 220 g/mol. The zero-order chi connectivity index (χ0) is 13.5. The minimum Gasteiger partial charge on any atom is -0.314 e. The molecule has 1 saturated carbocycles. The molecule has 1 aliphatic carbocycles. The Balaban J connectivity index is 2.54. The SMILES string of the molecule is CCCC1CCC(NCC)C(CN(C)C(C)C)C1. The fourth-order valence-corrected chi connectivity index (χ4v) is 3.35. The van der Waals surface area contributed by atoms with Crippen molar-refractivity contribution in [3.8, 4) is 0 Å². The molecule has 0 bridgehead atoms. The Bertz CT molecular complexity index is 215. The lowest BCUT2D eigenvalue weighted by Gasteiger charge is -2.39. The maximum absolute atomic E-state index is 3.71. The van der Waals surface area contributed by atoms with Crippen LogP contribution in [-0.2, 0) is 0 Å². The zero-order valence-corrected chi connectivity index (χ0v) is 13.2. The normalized spacial score (nSPS) is 29.2. The van der Waals surface area contributed by atoms with Crippen molar-refractivity contribution in [1.29, 1.82) is 0 Å². The van der Waals surface area contributed by atoms with Gasteiger partial charge in [0.25, 0.3) is 0 Å². The molecule has 0 amide bonds. The van der Waals surface area contributed by atoms with E-state index in [9.17, 15) is 0 Å². The topological polar surface area (TPSA) is 15.3 Å². The summed E-state index contributed by atoms with van der Waals surface area (Å²) in [6.45, 7) is 11.5. The molecule has 108 valence electrons. The van der Waals surface area contributed by atoms with Gasteiger partial charge in [0.05, 0.1) is 0 Å². The number of hydrogen-bond donors (Lipinski definition) is 1. The molecule has 0 saturated heterocycles. The minimum atomic E-state index is 0.666. The number of rotatable bonds is 7. The van der Waals surface area contributed by atoms with Gasteiger partial charge >= 0.3 is 0 Å². The molecule has 1 rings (SSSR count). The second-order valence-corrected chi connectivity index (χ2v) is 6.43. The Hall–Kier alpha value is -0.0800. The molecule has 0 aromatic carbocycles. The van der Waals surface area contributed by atoms with Crippen LogP contribution in [-0.4, -0.2) is 37.1 Å². The Morgan fingerprint density at radius 3 is 2.50 bits per heavy atom. The summed E-state index contributed by atoms with van der Waals surface area (Å²) in [6, 6.07) is 1.42. The van der Waals surface area contributed by atoms with E-state index in [1.807, 2.05) is 0 Å². The van der Waals surface area contributed by atoms with Gasteiger partial charge in [0.2, 0.25) is 0 Å². The fourth-order valence-electron chi connectivity index (χ4n) is 3.35. The van der Waals surface area contributed by atoms with Crippen molar-refractivity contribution in [2.24, 2.45) is 11.8 Å². The minimum absolute atomic E-state index is 0.666. The van der Waals surface area contributed by atoms with Gasteiger partial charge in [-0.2, -0.15) is 0 Å². The van der Waals surface area contributed by atoms with Gasteiger partial charge in [0.1, 0.15) is 0 Å². The molecule has 0 spiro atoms. The standard InChI is InChI=1S/C16H34N2/c1-6-8-14-9-10-16(17-7-2)15(11-14)12-18(5)13(3)4/h13-17H,6-12H2,1-5H3. The molecule has 0 radical (unpaired) electrons. The van der Waals surface area contributed by atoms with Crippen LogP contribution >= 0.6 is 0 Å². The van der Waals surface area contributed by atoms with Crippen molar-refractivity contribution >= 4 is 0 Å². The van der Waals surface area contributed by atoms with Crippen LogP contribution in [0.1, 0.15) is 59.8 Å². The Morgan fingerprint density at radius 2 is 1.94 bits per heavy atom. The van der Waals surface area contributed by atoms with Gasteiger partial charge in [-0.1, -0.05) is 26.7 Å². The van der Waals surface area contributed by atoms with Crippen LogP contribution in [0.4, 0.5) is 0 Å². The first-order chi connectivity index (χ1) is 8.58. The van der Waals surface area contributed by atoms with Gasteiger partial charge in [-0.3, -0.25) is 0 Å². The van der Waals surface area contributed by atoms with Crippen LogP contribution in [0.15, 0.2) is 0 Å². The Morgan fingerprint density at radius 1 is 1.22 bits per heavy atom. The lowest BCUT2D eigenvalue weighted by Crippen LogP contribution is -2.46. The summed E-state index contributed by atoms with van der Waals surface area (Å²) in [5.41, 5.74) is 0. The number of nitrogens with one attached hydrogen (secondary N) is 1. The highest BCUT2D eigenvalue weighted by atomic mass is 15.1. The average molecular weight is 254 g/mol. The van der Waals surface area contributed by atoms with E-state index in [-0.39, 0.29) is 0 Å². The third-order valence-corrected chi connectivity index (χ3v) is 4.66. The molecular formula is C16H34N2. The summed E-state index contributed by atoms with van der Waals surface area (Å²) in [4.78, 5) is 2.52. The number of hydrogen-bond acceptors (Lipinski definition) is 2. The molecule has 3 atom stereocenters. The third kappa shape index (κ3) is 4.89. The first-order valence-corrected chi connectivity index (χ1v) is 8.02. The first-order valence-electron chi connectivity index (χ1n) is 8.02. The van der Waals surface area contributed by atoms with Crippen molar-refractivity contribution in [3.63, 3.8) is 0 Å². The van der Waals surface area contributed by atoms with Crippen LogP contribution < -0.4 is 5.32 Å². The Labute approximate surface area is 115 Å². The molecule has 18 heavy (non-hydrogen) atoms. The maximum atomic E-state index is 3.71. The molecule has 2 heteroatoms. The van der Waals surface area contributed by atoms with Crippen molar-refractivity contribution in [2.75, 3.05) is 20.1 Å². The summed E-state index contributed by atoms with van der Waals surface area (Å²) in [5.74, 6) is 1.83. The highest BCUT2D eigenvalue weighted by Crippen LogP contribution is 2.32. The summed E-state index contributed by atoms with van der Waals surface area (Å²) >= 11 is 0.